The number of nitrogens with zero attached hydrogens (tertiary/aromatic N) is 3. The van der Waals surface area contributed by atoms with Gasteiger partial charge < -0.3 is 30.3 Å². The van der Waals surface area contributed by atoms with Gasteiger partial charge in [0.15, 0.2) is 5.75 Å². The normalized spacial score (nSPS) is 17.4. The van der Waals surface area contributed by atoms with Gasteiger partial charge in [-0.05, 0) is 50.2 Å². The maximum absolute atomic E-state index is 12.0. The molecule has 0 spiro atoms. The van der Waals surface area contributed by atoms with Crippen molar-refractivity contribution in [3.05, 3.63) is 64.9 Å². The van der Waals surface area contributed by atoms with Crippen molar-refractivity contribution >= 4 is 34.8 Å². The number of rotatable bonds is 8. The lowest BCUT2D eigenvalue weighted by Crippen LogP contribution is -2.54. The summed E-state index contributed by atoms with van der Waals surface area (Å²) in [6.45, 7) is 6.50. The molecule has 0 unspecified atom stereocenters. The summed E-state index contributed by atoms with van der Waals surface area (Å²) in [7, 11) is 3.06. The van der Waals surface area contributed by atoms with Gasteiger partial charge in [-0.2, -0.15) is 0 Å². The van der Waals surface area contributed by atoms with E-state index in [2.05, 4.69) is 56.8 Å². The zero-order chi connectivity index (χ0) is 25.7. The quantitative estimate of drug-likeness (QED) is 0.418. The molecule has 9 nitrogen and oxygen atoms in total. The molecule has 1 fully saturated rings. The van der Waals surface area contributed by atoms with Crippen molar-refractivity contribution in [3.63, 3.8) is 0 Å². The fraction of sp³-hybridized carbons (Fsp3) is 0.346. The van der Waals surface area contributed by atoms with Crippen LogP contribution in [-0.4, -0.2) is 55.2 Å². The summed E-state index contributed by atoms with van der Waals surface area (Å²) in [6.07, 6.45) is 3.17. The van der Waals surface area contributed by atoms with Crippen molar-refractivity contribution in [3.8, 4) is 11.5 Å². The van der Waals surface area contributed by atoms with Gasteiger partial charge >= 0.3 is 0 Å². The van der Waals surface area contributed by atoms with Crippen LogP contribution >= 0.6 is 11.6 Å². The molecule has 0 radical (unpaired) electrons. The lowest BCUT2D eigenvalue weighted by atomic mass is 10.1. The van der Waals surface area contributed by atoms with Gasteiger partial charge in [0.25, 0.3) is 5.91 Å². The van der Waals surface area contributed by atoms with Crippen molar-refractivity contribution in [2.45, 2.75) is 32.5 Å². The number of hydrogen-bond acceptors (Lipinski definition) is 8. The van der Waals surface area contributed by atoms with Crippen LogP contribution in [0.1, 0.15) is 29.8 Å². The third-order valence-electron chi connectivity index (χ3n) is 5.89. The number of ether oxygens (including phenoxy) is 2. The van der Waals surface area contributed by atoms with Crippen molar-refractivity contribution < 1.29 is 14.3 Å². The Kier molecular flexibility index (Phi) is 8.12. The van der Waals surface area contributed by atoms with Crippen molar-refractivity contribution in [1.82, 2.24) is 20.6 Å². The highest BCUT2D eigenvalue weighted by Crippen LogP contribution is 2.31. The molecule has 3 N–H and O–H groups in total. The number of carbonyl (C=O) groups excluding carboxylic acids is 1. The zero-order valence-electron chi connectivity index (χ0n) is 20.8. The Hall–Kier alpha value is -3.56. The van der Waals surface area contributed by atoms with Crippen LogP contribution in [0.3, 0.4) is 0 Å². The summed E-state index contributed by atoms with van der Waals surface area (Å²) >= 11 is 6.40. The van der Waals surface area contributed by atoms with Crippen LogP contribution in [0.4, 0.5) is 17.3 Å². The molecule has 2 heterocycles. The number of aromatic nitrogens is 2. The van der Waals surface area contributed by atoms with E-state index >= 15 is 0 Å². The molecule has 0 saturated carbocycles. The Bertz CT molecular complexity index is 1180. The van der Waals surface area contributed by atoms with Gasteiger partial charge in [0.05, 0.1) is 24.5 Å². The lowest BCUT2D eigenvalue weighted by Gasteiger charge is -2.37. The van der Waals surface area contributed by atoms with Crippen LogP contribution in [-0.2, 0) is 6.61 Å². The summed E-state index contributed by atoms with van der Waals surface area (Å²) in [5, 5.41) is 9.74. The van der Waals surface area contributed by atoms with E-state index in [-0.39, 0.29) is 12.5 Å². The Morgan fingerprint density at radius 2 is 1.81 bits per heavy atom. The van der Waals surface area contributed by atoms with Gasteiger partial charge in [-0.15, -0.1) is 0 Å². The molecular weight excluding hydrogens is 480 g/mol. The first-order valence-electron chi connectivity index (χ1n) is 11.8. The molecule has 0 aliphatic carbocycles. The van der Waals surface area contributed by atoms with Crippen LogP contribution in [0.2, 0.25) is 5.02 Å². The molecule has 4 rings (SSSR count). The third kappa shape index (κ3) is 6.16. The Balaban J connectivity index is 1.37. The SMILES string of the molecule is CNC(=O)c1cc(COc2cnc(Nc3ccc(N4C[C@@H](C)N[C@@H](C)C4)cc3)nc2)c(Cl)c(OC)c1. The molecular formula is C26H31ClN6O3. The van der Waals surface area contributed by atoms with Gasteiger partial charge in [-0.25, -0.2) is 9.97 Å². The summed E-state index contributed by atoms with van der Waals surface area (Å²) in [5.74, 6) is 1.09. The largest absolute Gasteiger partial charge is 0.495 e. The van der Waals surface area contributed by atoms with Gasteiger partial charge in [0.1, 0.15) is 12.4 Å². The Labute approximate surface area is 216 Å². The summed E-state index contributed by atoms with van der Waals surface area (Å²) in [6, 6.07) is 12.4. The molecule has 2 aromatic carbocycles. The van der Waals surface area contributed by atoms with E-state index in [1.807, 2.05) is 12.1 Å². The first-order chi connectivity index (χ1) is 17.4. The second-order valence-electron chi connectivity index (χ2n) is 8.81. The second kappa shape index (κ2) is 11.5. The first kappa shape index (κ1) is 25.5. The molecule has 3 aromatic rings. The van der Waals surface area contributed by atoms with E-state index in [0.29, 0.717) is 45.7 Å². The molecule has 2 atom stereocenters. The van der Waals surface area contributed by atoms with Crippen LogP contribution in [0, 0.1) is 0 Å². The fourth-order valence-electron chi connectivity index (χ4n) is 4.22. The standard InChI is InChI=1S/C26H31ClN6O3/c1-16-13-33(14-17(2)31-16)21-7-5-20(6-8-21)32-26-29-11-22(12-30-26)36-15-19-9-18(25(34)28-3)10-23(35-4)24(19)27/h5-12,16-17,31H,13-15H2,1-4H3,(H,28,34)(H,29,30,32)/t16-,17+. The second-order valence-corrected chi connectivity index (χ2v) is 9.19. The average Bonchev–Trinajstić information content (AvgIpc) is 2.88. The summed E-state index contributed by atoms with van der Waals surface area (Å²) in [5.41, 5.74) is 3.14. The topological polar surface area (TPSA) is 101 Å². The predicted octanol–water partition coefficient (Wildman–Crippen LogP) is 4.01. The highest BCUT2D eigenvalue weighted by Gasteiger charge is 2.21. The van der Waals surface area contributed by atoms with E-state index in [0.717, 1.165) is 18.8 Å². The van der Waals surface area contributed by atoms with Crippen LogP contribution in [0.15, 0.2) is 48.8 Å². The number of benzene rings is 2. The number of carbonyl (C=O) groups is 1. The van der Waals surface area contributed by atoms with Gasteiger partial charge in [0, 0.05) is 54.7 Å². The van der Waals surface area contributed by atoms with Crippen LogP contribution in [0.25, 0.3) is 0 Å². The molecule has 1 aliphatic heterocycles. The van der Waals surface area contributed by atoms with Gasteiger partial charge in [0.2, 0.25) is 5.95 Å². The number of methoxy groups -OCH3 is 1. The molecule has 36 heavy (non-hydrogen) atoms. The highest BCUT2D eigenvalue weighted by atomic mass is 35.5. The van der Waals surface area contributed by atoms with Crippen LogP contribution < -0.4 is 30.3 Å². The number of anilines is 3. The van der Waals surface area contributed by atoms with Gasteiger partial charge in [-0.3, -0.25) is 4.79 Å². The Morgan fingerprint density at radius 1 is 1.14 bits per heavy atom. The van der Waals surface area contributed by atoms with Crippen LogP contribution in [0.5, 0.6) is 11.5 Å². The maximum atomic E-state index is 12.0. The van der Waals surface area contributed by atoms with E-state index in [1.54, 1.807) is 31.6 Å². The maximum Gasteiger partial charge on any atom is 0.251 e. The monoisotopic (exact) mass is 510 g/mol. The molecule has 1 saturated heterocycles. The molecule has 190 valence electrons. The minimum absolute atomic E-state index is 0.126. The number of halogens is 1. The molecule has 10 heteroatoms. The summed E-state index contributed by atoms with van der Waals surface area (Å²) < 4.78 is 11.1. The number of nitrogens with one attached hydrogen (secondary N) is 3. The molecule has 0 bridgehead atoms. The van der Waals surface area contributed by atoms with E-state index in [9.17, 15) is 4.79 Å². The predicted molar refractivity (Wildman–Crippen MR) is 142 cm³/mol. The number of amides is 1. The number of hydrogen-bond donors (Lipinski definition) is 3. The zero-order valence-corrected chi connectivity index (χ0v) is 21.6. The fourth-order valence-corrected chi connectivity index (χ4v) is 4.46. The average molecular weight is 511 g/mol. The van der Waals surface area contributed by atoms with E-state index in [4.69, 9.17) is 21.1 Å². The number of piperazine rings is 1. The molecule has 1 amide bonds. The summed E-state index contributed by atoms with van der Waals surface area (Å²) in [4.78, 5) is 23.1. The Morgan fingerprint density at radius 3 is 2.42 bits per heavy atom. The highest BCUT2D eigenvalue weighted by molar-refractivity contribution is 6.33. The lowest BCUT2D eigenvalue weighted by molar-refractivity contribution is 0.0962. The minimum atomic E-state index is -0.241. The minimum Gasteiger partial charge on any atom is -0.495 e. The third-order valence-corrected chi connectivity index (χ3v) is 6.32. The van der Waals surface area contributed by atoms with E-state index in [1.165, 1.54) is 12.8 Å². The van der Waals surface area contributed by atoms with Crippen molar-refractivity contribution in [2.24, 2.45) is 0 Å². The smallest absolute Gasteiger partial charge is 0.251 e. The van der Waals surface area contributed by atoms with Crippen molar-refractivity contribution in [1.29, 1.82) is 0 Å². The molecule has 1 aromatic heterocycles. The van der Waals surface area contributed by atoms with Crippen molar-refractivity contribution in [2.75, 3.05) is 37.5 Å². The van der Waals surface area contributed by atoms with E-state index < -0.39 is 0 Å². The first-order valence-corrected chi connectivity index (χ1v) is 12.2. The van der Waals surface area contributed by atoms with Gasteiger partial charge in [-0.1, -0.05) is 11.6 Å². The molecule has 1 aliphatic rings.